The Labute approximate surface area is 340 Å². The highest BCUT2D eigenvalue weighted by molar-refractivity contribution is 6.71. The number of nitrogens with zero attached hydrogens (tertiary/aromatic N) is 3. The first-order chi connectivity index (χ1) is 27.3. The van der Waals surface area contributed by atoms with Crippen LogP contribution in [0.2, 0.25) is 23.7 Å². The van der Waals surface area contributed by atoms with Crippen molar-refractivity contribution in [1.82, 2.24) is 10.2 Å². The molecule has 0 bridgehead atoms. The van der Waals surface area contributed by atoms with Gasteiger partial charge in [0.2, 0.25) is 11.8 Å². The molecule has 14 heteroatoms. The van der Waals surface area contributed by atoms with Crippen LogP contribution in [0.5, 0.6) is 5.75 Å². The third-order valence-corrected chi connectivity index (χ3v) is 15.0. The fraction of sp³-hybridized carbons (Fsp3) is 0.512. The van der Waals surface area contributed by atoms with Crippen molar-refractivity contribution in [3.8, 4) is 5.75 Å². The summed E-state index contributed by atoms with van der Waals surface area (Å²) in [5, 5.41) is 23.0. The second-order valence-corrected chi connectivity index (χ2v) is 20.8. The van der Waals surface area contributed by atoms with Crippen LogP contribution in [-0.2, 0) is 37.7 Å². The number of likely N-dealkylation sites (tertiary alicyclic amines) is 1. The predicted octanol–water partition coefficient (Wildman–Crippen LogP) is 5.41. The molecule has 0 saturated carbocycles. The lowest BCUT2D eigenvalue weighted by Gasteiger charge is -2.35. The van der Waals surface area contributed by atoms with Gasteiger partial charge < -0.3 is 39.6 Å². The Balaban J connectivity index is 1.17. The predicted molar refractivity (Wildman–Crippen MR) is 221 cm³/mol. The molecule has 0 aromatic heterocycles. The summed E-state index contributed by atoms with van der Waals surface area (Å²) in [7, 11) is -3.02. The molecule has 6 atom stereocenters. The first-order valence-electron chi connectivity index (χ1n) is 20.3. The van der Waals surface area contributed by atoms with E-state index in [4.69, 9.17) is 21.1 Å². The number of benzene rings is 3. The van der Waals surface area contributed by atoms with Crippen LogP contribution in [0.1, 0.15) is 62.6 Å². The van der Waals surface area contributed by atoms with Crippen molar-refractivity contribution in [2.75, 3.05) is 42.7 Å². The Morgan fingerprint density at radius 1 is 1.05 bits per heavy atom. The number of rotatable bonds is 14. The van der Waals surface area contributed by atoms with Crippen molar-refractivity contribution in [3.05, 3.63) is 82.4 Å². The van der Waals surface area contributed by atoms with Gasteiger partial charge >= 0.3 is 0 Å². The molecule has 3 amide bonds. The van der Waals surface area contributed by atoms with E-state index < -0.39 is 37.5 Å². The van der Waals surface area contributed by atoms with E-state index in [1.165, 1.54) is 0 Å². The van der Waals surface area contributed by atoms with Crippen LogP contribution in [0.3, 0.4) is 0 Å². The van der Waals surface area contributed by atoms with E-state index in [1.807, 2.05) is 75.5 Å². The number of anilines is 3. The van der Waals surface area contributed by atoms with E-state index in [9.17, 15) is 29.4 Å². The molecule has 1 spiro atoms. The van der Waals surface area contributed by atoms with E-state index in [2.05, 4.69) is 5.32 Å². The molecular formula is C43H55ClN4O8Si. The van der Waals surface area contributed by atoms with Gasteiger partial charge in [0.1, 0.15) is 5.75 Å². The molecule has 3 aromatic carbocycles. The highest BCUT2D eigenvalue weighted by Crippen LogP contribution is 2.60. The minimum Gasteiger partial charge on any atom is -0.494 e. The smallest absolute Gasteiger partial charge is 0.264 e. The molecule has 4 heterocycles. The van der Waals surface area contributed by atoms with Crippen molar-refractivity contribution in [3.63, 3.8) is 0 Å². The minimum absolute atomic E-state index is 0.000779. The monoisotopic (exact) mass is 818 g/mol. The summed E-state index contributed by atoms with van der Waals surface area (Å²) in [6.45, 7) is 9.42. The fourth-order valence-electron chi connectivity index (χ4n) is 9.70. The lowest BCUT2D eigenvalue weighted by Crippen LogP contribution is -2.49. The number of unbranched alkanes of at least 4 members (excludes halogenated alkanes) is 1. The number of aliphatic hydroxyl groups is 2. The zero-order valence-electron chi connectivity index (χ0n) is 33.2. The minimum atomic E-state index is -3.02. The van der Waals surface area contributed by atoms with Crippen molar-refractivity contribution in [2.45, 2.75) is 101 Å². The van der Waals surface area contributed by atoms with E-state index in [1.54, 1.807) is 26.8 Å². The maximum atomic E-state index is 15.0. The zero-order valence-corrected chi connectivity index (χ0v) is 35.0. The Morgan fingerprint density at radius 3 is 2.51 bits per heavy atom. The average molecular weight is 819 g/mol. The maximum absolute atomic E-state index is 15.0. The van der Waals surface area contributed by atoms with Gasteiger partial charge in [-0.3, -0.25) is 19.3 Å². The summed E-state index contributed by atoms with van der Waals surface area (Å²) in [4.78, 5) is 59.6. The lowest BCUT2D eigenvalue weighted by atomic mass is 9.82. The van der Waals surface area contributed by atoms with Crippen molar-refractivity contribution >= 4 is 54.7 Å². The summed E-state index contributed by atoms with van der Waals surface area (Å²) < 4.78 is 12.7. The summed E-state index contributed by atoms with van der Waals surface area (Å²) in [5.41, 5.74) is 2.66. The second-order valence-electron chi connectivity index (χ2n) is 16.4. The van der Waals surface area contributed by atoms with Gasteiger partial charge in [-0.25, -0.2) is 0 Å². The molecular weight excluding hydrogens is 764 g/mol. The molecule has 306 valence electrons. The number of halogens is 1. The Morgan fingerprint density at radius 2 is 1.81 bits per heavy atom. The largest absolute Gasteiger partial charge is 0.494 e. The summed E-state index contributed by atoms with van der Waals surface area (Å²) >= 11 is 6.60. The molecule has 4 aliphatic rings. The zero-order chi connectivity index (χ0) is 40.6. The van der Waals surface area contributed by atoms with Gasteiger partial charge in [-0.15, -0.1) is 0 Å². The van der Waals surface area contributed by atoms with Crippen LogP contribution in [0, 0.1) is 5.92 Å². The molecule has 2 saturated heterocycles. The number of aliphatic hydroxyl groups excluding tert-OH is 2. The molecule has 3 aromatic rings. The number of carbonyl (C=O) groups excluding carboxylic acids is 3. The van der Waals surface area contributed by atoms with Gasteiger partial charge in [-0.2, -0.15) is 0 Å². The average Bonchev–Trinajstić information content (AvgIpc) is 3.84. The summed E-state index contributed by atoms with van der Waals surface area (Å²) in [6, 6.07) is 18.1. The van der Waals surface area contributed by atoms with E-state index in [0.29, 0.717) is 54.5 Å². The molecule has 7 rings (SSSR count). The van der Waals surface area contributed by atoms with Gasteiger partial charge in [-0.1, -0.05) is 30.7 Å². The van der Waals surface area contributed by atoms with Crippen LogP contribution in [0.25, 0.3) is 0 Å². The SMILES string of the molecule is CCOc1ccc2c(c1)CC(NCCCCO)C(=O)N2c1ccc(CN2C(=O)[C@@]3(O[C@@H](CC(=O)N4CCC[C@H]4CO)[C@H]([Si](C)(C)O)[C@H]3C)c3cc(Cl)ccc32)cc1. The van der Waals surface area contributed by atoms with Crippen LogP contribution in [0.4, 0.5) is 17.1 Å². The molecule has 4 aliphatic heterocycles. The highest BCUT2D eigenvalue weighted by Gasteiger charge is 2.66. The van der Waals surface area contributed by atoms with Crippen LogP contribution >= 0.6 is 11.6 Å². The molecule has 12 nitrogen and oxygen atoms in total. The molecule has 4 N–H and O–H groups in total. The molecule has 57 heavy (non-hydrogen) atoms. The Bertz CT molecular complexity index is 1980. The van der Waals surface area contributed by atoms with E-state index in [-0.39, 0.29) is 49.9 Å². The van der Waals surface area contributed by atoms with Crippen LogP contribution in [-0.4, -0.2) is 97.0 Å². The first kappa shape index (κ1) is 41.3. The summed E-state index contributed by atoms with van der Waals surface area (Å²) in [6.07, 6.45) is 2.75. The Kier molecular flexibility index (Phi) is 12.2. The quantitative estimate of drug-likeness (QED) is 0.124. The van der Waals surface area contributed by atoms with E-state index >= 15 is 0 Å². The standard InChI is InChI=1S/C43H55ClN4O8Si/c1-5-55-33-15-17-36-29(21-33)22-35(45-18-6-7-20-49)41(52)48(36)31-13-10-28(11-14-31)25-47-37-16-12-30(44)23-34(37)43(42(47)53)27(2)40(57(3,4)54)38(56-43)24-39(51)46-19-8-9-32(46)26-50/h10-17,21,23,27,32,35,38,40,45,49-50,54H,5-9,18-20,22,24-26H2,1-4H3/t27-,32+,35?,38+,40-,43+/m1/s1. The second kappa shape index (κ2) is 16.8. The van der Waals surface area contributed by atoms with Crippen LogP contribution < -0.4 is 19.9 Å². The number of ether oxygens (including phenoxy) is 2. The van der Waals surface area contributed by atoms with Crippen molar-refractivity contribution in [2.24, 2.45) is 5.92 Å². The third-order valence-electron chi connectivity index (χ3n) is 12.3. The fourth-order valence-corrected chi connectivity index (χ4v) is 12.4. The number of fused-ring (bicyclic) bond motifs is 3. The lowest BCUT2D eigenvalue weighted by molar-refractivity contribution is -0.150. The normalized spacial score (nSPS) is 25.8. The van der Waals surface area contributed by atoms with Gasteiger partial charge in [0.25, 0.3) is 5.91 Å². The van der Waals surface area contributed by atoms with E-state index in [0.717, 1.165) is 41.8 Å². The number of amides is 3. The molecule has 0 aliphatic carbocycles. The number of carbonyl (C=O) groups is 3. The number of hydrogen-bond donors (Lipinski definition) is 4. The Hall–Kier alpha value is -3.82. The van der Waals surface area contributed by atoms with Crippen molar-refractivity contribution in [1.29, 1.82) is 0 Å². The van der Waals surface area contributed by atoms with Gasteiger partial charge in [0, 0.05) is 40.9 Å². The molecule has 0 radical (unpaired) electrons. The molecule has 1 unspecified atom stereocenters. The molecule has 2 fully saturated rings. The topological polar surface area (TPSA) is 152 Å². The van der Waals surface area contributed by atoms with Gasteiger partial charge in [0.15, 0.2) is 13.9 Å². The number of hydrogen-bond acceptors (Lipinski definition) is 9. The van der Waals surface area contributed by atoms with Gasteiger partial charge in [-0.05, 0) is 118 Å². The highest BCUT2D eigenvalue weighted by atomic mass is 35.5. The third kappa shape index (κ3) is 7.75. The first-order valence-corrected chi connectivity index (χ1v) is 23.7. The maximum Gasteiger partial charge on any atom is 0.264 e. The number of nitrogens with one attached hydrogen (secondary N) is 1. The van der Waals surface area contributed by atoms with Crippen LogP contribution in [0.15, 0.2) is 60.7 Å². The summed E-state index contributed by atoms with van der Waals surface area (Å²) in [5.74, 6) is -0.223. The van der Waals surface area contributed by atoms with Crippen molar-refractivity contribution < 1.29 is 38.9 Å². The van der Waals surface area contributed by atoms with Gasteiger partial charge in [0.05, 0.1) is 55.7 Å².